The van der Waals surface area contributed by atoms with Crippen LogP contribution in [0.25, 0.3) is 0 Å². The molecule has 3 heterocycles. The largest absolute Gasteiger partial charge is 0.448 e. The third-order valence-corrected chi connectivity index (χ3v) is 9.37. The number of aromatic nitrogens is 1. The lowest BCUT2D eigenvalue weighted by Crippen LogP contribution is -2.43. The summed E-state index contributed by atoms with van der Waals surface area (Å²) in [7, 11) is 0. The van der Waals surface area contributed by atoms with Gasteiger partial charge >= 0.3 is 12.2 Å². The minimum Gasteiger partial charge on any atom is -0.448 e. The van der Waals surface area contributed by atoms with Crippen LogP contribution in [-0.2, 0) is 25.6 Å². The Hall–Kier alpha value is -4.45. The van der Waals surface area contributed by atoms with Crippen molar-refractivity contribution in [2.24, 2.45) is 16.8 Å². The first kappa shape index (κ1) is 30.6. The lowest BCUT2D eigenvalue weighted by atomic mass is 10.1. The number of amidine groups is 1. The smallest absolute Gasteiger partial charge is 0.436 e. The number of carbonyl (C=O) groups is 4. The quantitative estimate of drug-likeness (QED) is 0.386. The van der Waals surface area contributed by atoms with Crippen LogP contribution < -0.4 is 5.32 Å². The number of nitrogens with one attached hydrogen (secondary N) is 1. The van der Waals surface area contributed by atoms with E-state index in [9.17, 15) is 19.2 Å². The number of anilines is 1. The highest BCUT2D eigenvalue weighted by molar-refractivity contribution is 8.15. The second-order valence-electron chi connectivity index (χ2n) is 11.5. The maximum atomic E-state index is 13.6. The first-order valence-electron chi connectivity index (χ1n) is 15.2. The van der Waals surface area contributed by atoms with Crippen molar-refractivity contribution in [2.75, 3.05) is 25.1 Å². The van der Waals surface area contributed by atoms with Crippen molar-refractivity contribution in [3.8, 4) is 0 Å². The number of amides is 4. The van der Waals surface area contributed by atoms with Gasteiger partial charge < -0.3 is 14.8 Å². The van der Waals surface area contributed by atoms with Crippen LogP contribution in [0.15, 0.2) is 77.6 Å². The van der Waals surface area contributed by atoms with Gasteiger partial charge in [-0.2, -0.15) is 4.99 Å². The van der Waals surface area contributed by atoms with E-state index < -0.39 is 23.5 Å². The molecule has 2 aliphatic heterocycles. The number of thioether (sulfide) groups is 1. The molecule has 234 valence electrons. The van der Waals surface area contributed by atoms with Crippen molar-refractivity contribution in [1.29, 1.82) is 0 Å². The number of ether oxygens (including phenoxy) is 2. The van der Waals surface area contributed by atoms with Crippen LogP contribution in [0.2, 0.25) is 0 Å². The maximum Gasteiger partial charge on any atom is 0.436 e. The molecular weight excluding hydrogens is 594 g/mol. The Kier molecular flexibility index (Phi) is 9.29. The highest BCUT2D eigenvalue weighted by atomic mass is 32.2. The third kappa shape index (κ3) is 7.28. The van der Waals surface area contributed by atoms with E-state index in [1.54, 1.807) is 42.7 Å². The molecule has 3 fully saturated rings. The van der Waals surface area contributed by atoms with Crippen LogP contribution in [-0.4, -0.2) is 69.8 Å². The van der Waals surface area contributed by atoms with E-state index in [1.165, 1.54) is 21.6 Å². The number of allylic oxidation sites excluding steroid dienone is 2. The van der Waals surface area contributed by atoms with Crippen LogP contribution >= 0.6 is 11.8 Å². The highest BCUT2D eigenvalue weighted by Crippen LogP contribution is 2.44. The zero-order valence-corrected chi connectivity index (χ0v) is 25.8. The first-order chi connectivity index (χ1) is 21.9. The molecule has 11 nitrogen and oxygen atoms in total. The van der Waals surface area contributed by atoms with Crippen LogP contribution in [0.3, 0.4) is 0 Å². The number of aliphatic imine (C=N–C) groups is 1. The van der Waals surface area contributed by atoms with E-state index in [4.69, 9.17) is 9.47 Å². The number of rotatable bonds is 9. The molecule has 0 spiro atoms. The molecule has 2 aromatic rings. The van der Waals surface area contributed by atoms with Crippen molar-refractivity contribution < 1.29 is 28.7 Å². The molecule has 4 amide bonds. The molecule has 4 aliphatic rings. The lowest BCUT2D eigenvalue weighted by Gasteiger charge is -2.23. The Bertz CT molecular complexity index is 1540. The Morgan fingerprint density at radius 2 is 1.98 bits per heavy atom. The fourth-order valence-electron chi connectivity index (χ4n) is 5.65. The molecule has 2 aliphatic carbocycles. The minimum atomic E-state index is -0.744. The molecule has 1 aromatic carbocycles. The molecule has 0 radical (unpaired) electrons. The zero-order valence-electron chi connectivity index (χ0n) is 25.0. The number of carbonyl (C=O) groups excluding carboxylic acids is 4. The predicted octanol–water partition coefficient (Wildman–Crippen LogP) is 5.47. The Morgan fingerprint density at radius 1 is 1.13 bits per heavy atom. The normalized spacial score (nSPS) is 24.3. The van der Waals surface area contributed by atoms with Gasteiger partial charge in [0, 0.05) is 24.6 Å². The van der Waals surface area contributed by atoms with Crippen LogP contribution in [0.4, 0.5) is 15.3 Å². The van der Waals surface area contributed by atoms with E-state index in [0.717, 1.165) is 17.6 Å². The summed E-state index contributed by atoms with van der Waals surface area (Å²) < 4.78 is 10.7. The molecule has 45 heavy (non-hydrogen) atoms. The molecule has 1 aromatic heterocycles. The highest BCUT2D eigenvalue weighted by Gasteiger charge is 2.40. The van der Waals surface area contributed by atoms with Gasteiger partial charge in [0.25, 0.3) is 0 Å². The summed E-state index contributed by atoms with van der Waals surface area (Å²) in [5.41, 5.74) is 3.03. The summed E-state index contributed by atoms with van der Waals surface area (Å²) in [6.07, 6.45) is 11.5. The molecule has 1 N–H and O–H groups in total. The molecule has 12 heteroatoms. The molecule has 0 bridgehead atoms. The first-order valence-corrected chi connectivity index (χ1v) is 16.1. The van der Waals surface area contributed by atoms with Crippen molar-refractivity contribution in [3.63, 3.8) is 0 Å². The monoisotopic (exact) mass is 629 g/mol. The molecule has 6 rings (SSSR count). The predicted molar refractivity (Wildman–Crippen MR) is 169 cm³/mol. The number of benzene rings is 1. The van der Waals surface area contributed by atoms with Gasteiger partial charge in [-0.15, -0.1) is 0 Å². The van der Waals surface area contributed by atoms with Crippen LogP contribution in [0, 0.1) is 11.8 Å². The van der Waals surface area contributed by atoms with Crippen molar-refractivity contribution >= 4 is 46.6 Å². The van der Waals surface area contributed by atoms with E-state index in [-0.39, 0.29) is 36.7 Å². The minimum absolute atomic E-state index is 0.203. The van der Waals surface area contributed by atoms with Gasteiger partial charge in [-0.05, 0) is 72.4 Å². The van der Waals surface area contributed by atoms with Crippen LogP contribution in [0.1, 0.15) is 49.0 Å². The second-order valence-corrected chi connectivity index (χ2v) is 12.5. The van der Waals surface area contributed by atoms with Crippen molar-refractivity contribution in [2.45, 2.75) is 50.4 Å². The van der Waals surface area contributed by atoms with Gasteiger partial charge in [0.1, 0.15) is 17.9 Å². The molecule has 3 unspecified atom stereocenters. The van der Waals surface area contributed by atoms with E-state index in [0.29, 0.717) is 48.9 Å². The third-order valence-electron chi connectivity index (χ3n) is 8.13. The fraction of sp³-hybridized carbons (Fsp3) is 0.394. The standard InChI is InChI=1S/C33H35N5O6S/c1-2-15-43-32(41)36-31-38(19-22-5-3-13-34-18-22)30(40)28(45-31)23-9-11-26(12-10-23)35-29(39)27-6-4-14-37(27)33(42)44-20-21-7-8-24-17-25(24)16-21/h3,5,7-13,16,18,24-25,27-28H,2,4,6,14-15,17,19-20H2,1H3,(H,35,39)/b36-31-/t24?,25?,27-,28?/m0/s1. The maximum absolute atomic E-state index is 13.6. The molecule has 2 saturated heterocycles. The summed E-state index contributed by atoms with van der Waals surface area (Å²) in [6.45, 7) is 3.00. The summed E-state index contributed by atoms with van der Waals surface area (Å²) in [5, 5.41) is 2.53. The van der Waals surface area contributed by atoms with Gasteiger partial charge in [0.2, 0.25) is 11.8 Å². The van der Waals surface area contributed by atoms with Gasteiger partial charge in [0.05, 0.1) is 13.2 Å². The van der Waals surface area contributed by atoms with Gasteiger partial charge in [-0.3, -0.25) is 24.4 Å². The number of fused-ring (bicyclic) bond motifs is 1. The van der Waals surface area contributed by atoms with Gasteiger partial charge in [-0.1, -0.05) is 55.1 Å². The van der Waals surface area contributed by atoms with Gasteiger partial charge in [-0.25, -0.2) is 9.59 Å². The summed E-state index contributed by atoms with van der Waals surface area (Å²) >= 11 is 1.17. The summed E-state index contributed by atoms with van der Waals surface area (Å²) in [4.78, 5) is 63.1. The SMILES string of the molecule is CCCOC(=O)/N=C1\SC(c2ccc(NC(=O)[C@@H]3CCCN3C(=O)OCC3=CC4CC4C=C3)cc2)C(=O)N1Cc1cccnc1. The van der Waals surface area contributed by atoms with E-state index in [1.807, 2.05) is 19.1 Å². The number of nitrogens with zero attached hydrogens (tertiary/aromatic N) is 4. The van der Waals surface area contributed by atoms with E-state index >= 15 is 0 Å². The molecular formula is C33H35N5O6S. The van der Waals surface area contributed by atoms with Gasteiger partial charge in [0.15, 0.2) is 5.17 Å². The zero-order chi connectivity index (χ0) is 31.3. The van der Waals surface area contributed by atoms with E-state index in [2.05, 4.69) is 27.4 Å². The second kappa shape index (κ2) is 13.7. The Labute approximate surface area is 265 Å². The topological polar surface area (TPSA) is 130 Å². The average Bonchev–Trinajstić information content (AvgIpc) is 3.54. The summed E-state index contributed by atoms with van der Waals surface area (Å²) in [6, 6.07) is 9.98. The fourth-order valence-corrected chi connectivity index (χ4v) is 6.79. The summed E-state index contributed by atoms with van der Waals surface area (Å²) in [5.74, 6) is 0.700. The average molecular weight is 630 g/mol. The van der Waals surface area contributed by atoms with Crippen LogP contribution in [0.5, 0.6) is 0 Å². The van der Waals surface area contributed by atoms with Crippen molar-refractivity contribution in [3.05, 3.63) is 83.7 Å². The number of hydrogen-bond donors (Lipinski definition) is 1. The lowest BCUT2D eigenvalue weighted by molar-refractivity contribution is -0.126. The molecule has 1 saturated carbocycles. The Morgan fingerprint density at radius 3 is 2.73 bits per heavy atom. The Balaban J connectivity index is 1.08. The number of pyridine rings is 1. The number of hydrogen-bond acceptors (Lipinski definition) is 8. The number of likely N-dealkylation sites (tertiary alicyclic amines) is 1. The van der Waals surface area contributed by atoms with Crippen molar-refractivity contribution in [1.82, 2.24) is 14.8 Å². The molecule has 4 atom stereocenters.